The predicted molar refractivity (Wildman–Crippen MR) is 55.6 cm³/mol. The van der Waals surface area contributed by atoms with E-state index in [1.54, 1.807) is 0 Å². The van der Waals surface area contributed by atoms with E-state index in [4.69, 9.17) is 0 Å². The van der Waals surface area contributed by atoms with Crippen LogP contribution >= 0.6 is 0 Å². The Morgan fingerprint density at radius 2 is 1.92 bits per heavy atom. The Morgan fingerprint density at radius 3 is 2.38 bits per heavy atom. The molecule has 1 N–H and O–H groups in total. The van der Waals surface area contributed by atoms with Crippen LogP contribution in [0.1, 0.15) is 20.3 Å². The topological polar surface area (TPSA) is 63.2 Å². The third-order valence-corrected chi connectivity index (χ3v) is 4.34. The van der Waals surface area contributed by atoms with Crippen molar-refractivity contribution in [1.82, 2.24) is 4.72 Å². The van der Waals surface area contributed by atoms with E-state index in [1.807, 2.05) is 13.8 Å². The lowest BCUT2D eigenvalue weighted by atomic mass is 10.6. The van der Waals surface area contributed by atoms with Gasteiger partial charge in [0.25, 0.3) is 0 Å². The van der Waals surface area contributed by atoms with Crippen molar-refractivity contribution >= 4 is 20.8 Å². The summed E-state index contributed by atoms with van der Waals surface area (Å²) in [4.78, 5) is 0. The summed E-state index contributed by atoms with van der Waals surface area (Å²) in [7, 11) is -4.01. The third kappa shape index (κ3) is 7.16. The van der Waals surface area contributed by atoms with Gasteiger partial charge in [0, 0.05) is 28.9 Å². The average molecular weight is 227 g/mol. The van der Waals surface area contributed by atoms with Gasteiger partial charge in [-0.3, -0.25) is 4.21 Å². The van der Waals surface area contributed by atoms with Gasteiger partial charge in [-0.05, 0) is 6.42 Å². The first-order valence-corrected chi connectivity index (χ1v) is 7.48. The Bertz CT molecular complexity index is 248. The Labute approximate surface area is 82.6 Å². The van der Waals surface area contributed by atoms with Gasteiger partial charge in [-0.2, -0.15) is 0 Å². The first-order chi connectivity index (χ1) is 6.02. The van der Waals surface area contributed by atoms with Crippen LogP contribution in [0.15, 0.2) is 0 Å². The maximum Gasteiger partial charge on any atom is 0.211 e. The molecule has 0 amide bonds. The molecular formula is C7H17NO3S2. The van der Waals surface area contributed by atoms with Crippen molar-refractivity contribution in [3.8, 4) is 0 Å². The lowest BCUT2D eigenvalue weighted by Crippen LogP contribution is -2.30. The number of nitrogens with one attached hydrogen (secondary N) is 1. The maximum atomic E-state index is 11.1. The molecule has 0 spiro atoms. The summed E-state index contributed by atoms with van der Waals surface area (Å²) in [6, 6.07) is 0. The van der Waals surface area contributed by atoms with Crippen molar-refractivity contribution in [3.63, 3.8) is 0 Å². The molecule has 0 bridgehead atoms. The monoisotopic (exact) mass is 227 g/mol. The average Bonchev–Trinajstić information content (AvgIpc) is 2.03. The second-order valence-corrected chi connectivity index (χ2v) is 6.44. The number of hydrogen-bond donors (Lipinski definition) is 1. The molecule has 6 heteroatoms. The summed E-state index contributed by atoms with van der Waals surface area (Å²) >= 11 is 0. The quantitative estimate of drug-likeness (QED) is 0.670. The number of hydrogen-bond acceptors (Lipinski definition) is 3. The van der Waals surface area contributed by atoms with Crippen LogP contribution in [-0.4, -0.2) is 36.4 Å². The third-order valence-electron chi connectivity index (χ3n) is 1.45. The summed E-state index contributed by atoms with van der Waals surface area (Å²) in [5.41, 5.74) is 0. The molecule has 0 heterocycles. The SMILES string of the molecule is CCCS(=O)(=O)NCCS(=O)CC. The van der Waals surface area contributed by atoms with Gasteiger partial charge in [-0.1, -0.05) is 13.8 Å². The van der Waals surface area contributed by atoms with Gasteiger partial charge < -0.3 is 0 Å². The Hall–Kier alpha value is 0.0600. The molecule has 0 aliphatic heterocycles. The Morgan fingerprint density at radius 1 is 1.31 bits per heavy atom. The minimum absolute atomic E-state index is 0.145. The zero-order valence-corrected chi connectivity index (χ0v) is 9.71. The lowest BCUT2D eigenvalue weighted by molar-refractivity contribution is 0.582. The summed E-state index contributed by atoms with van der Waals surface area (Å²) in [6.07, 6.45) is 0.603. The molecule has 0 radical (unpaired) electrons. The fourth-order valence-corrected chi connectivity index (χ4v) is 2.64. The highest BCUT2D eigenvalue weighted by atomic mass is 32.2. The van der Waals surface area contributed by atoms with Crippen LogP contribution < -0.4 is 4.72 Å². The molecule has 1 atom stereocenters. The standard InChI is InChI=1S/C7H17NO3S2/c1-3-7-13(10,11)8-5-6-12(9)4-2/h8H,3-7H2,1-2H3. The number of rotatable bonds is 7. The summed E-state index contributed by atoms with van der Waals surface area (Å²) in [5.74, 6) is 1.13. The first kappa shape index (κ1) is 13.1. The molecule has 4 nitrogen and oxygen atoms in total. The van der Waals surface area contributed by atoms with Crippen LogP contribution in [0, 0.1) is 0 Å². The molecule has 0 rings (SSSR count). The van der Waals surface area contributed by atoms with Gasteiger partial charge >= 0.3 is 0 Å². The highest BCUT2D eigenvalue weighted by molar-refractivity contribution is 7.89. The minimum Gasteiger partial charge on any atom is -0.260 e. The van der Waals surface area contributed by atoms with E-state index in [0.29, 0.717) is 17.9 Å². The van der Waals surface area contributed by atoms with Gasteiger partial charge in [0.05, 0.1) is 5.75 Å². The van der Waals surface area contributed by atoms with E-state index in [-0.39, 0.29) is 12.3 Å². The van der Waals surface area contributed by atoms with Crippen molar-refractivity contribution in [2.45, 2.75) is 20.3 Å². The molecule has 0 aliphatic carbocycles. The zero-order chi connectivity index (χ0) is 10.3. The molecular weight excluding hydrogens is 210 g/mol. The van der Waals surface area contributed by atoms with Gasteiger partial charge in [-0.25, -0.2) is 13.1 Å². The normalized spacial score (nSPS) is 14.3. The van der Waals surface area contributed by atoms with E-state index in [1.165, 1.54) is 0 Å². The van der Waals surface area contributed by atoms with Crippen LogP contribution in [0.4, 0.5) is 0 Å². The van der Waals surface area contributed by atoms with Crippen molar-refractivity contribution in [3.05, 3.63) is 0 Å². The lowest BCUT2D eigenvalue weighted by Gasteiger charge is -2.03. The Balaban J connectivity index is 3.70. The van der Waals surface area contributed by atoms with Crippen molar-refractivity contribution < 1.29 is 12.6 Å². The fraction of sp³-hybridized carbons (Fsp3) is 1.00. The van der Waals surface area contributed by atoms with Gasteiger partial charge in [0.2, 0.25) is 10.0 Å². The molecule has 0 saturated carbocycles. The molecule has 80 valence electrons. The molecule has 0 aromatic rings. The zero-order valence-electron chi connectivity index (χ0n) is 8.08. The van der Waals surface area contributed by atoms with E-state index in [9.17, 15) is 12.6 Å². The van der Waals surface area contributed by atoms with Gasteiger partial charge in [-0.15, -0.1) is 0 Å². The molecule has 0 aromatic carbocycles. The van der Waals surface area contributed by atoms with Gasteiger partial charge in [0.1, 0.15) is 0 Å². The molecule has 13 heavy (non-hydrogen) atoms. The van der Waals surface area contributed by atoms with Crippen LogP contribution in [0.3, 0.4) is 0 Å². The molecule has 0 fully saturated rings. The molecule has 0 aromatic heterocycles. The minimum atomic E-state index is -3.12. The van der Waals surface area contributed by atoms with E-state index in [0.717, 1.165) is 0 Å². The van der Waals surface area contributed by atoms with Crippen molar-refractivity contribution in [2.24, 2.45) is 0 Å². The largest absolute Gasteiger partial charge is 0.260 e. The second kappa shape index (κ2) is 6.50. The van der Waals surface area contributed by atoms with Crippen LogP contribution in [-0.2, 0) is 20.8 Å². The van der Waals surface area contributed by atoms with Crippen LogP contribution in [0.5, 0.6) is 0 Å². The van der Waals surface area contributed by atoms with E-state index < -0.39 is 20.8 Å². The smallest absolute Gasteiger partial charge is 0.211 e. The Kier molecular flexibility index (Phi) is 6.53. The number of sulfonamides is 1. The maximum absolute atomic E-state index is 11.1. The predicted octanol–water partition coefficient (Wildman–Crippen LogP) is 0.0844. The van der Waals surface area contributed by atoms with E-state index >= 15 is 0 Å². The fourth-order valence-electron chi connectivity index (χ4n) is 0.796. The van der Waals surface area contributed by atoms with Crippen LogP contribution in [0.25, 0.3) is 0 Å². The molecule has 0 aliphatic rings. The molecule has 0 saturated heterocycles. The first-order valence-electron chi connectivity index (χ1n) is 4.34. The highest BCUT2D eigenvalue weighted by Gasteiger charge is 2.07. The van der Waals surface area contributed by atoms with Crippen molar-refractivity contribution in [2.75, 3.05) is 23.8 Å². The van der Waals surface area contributed by atoms with E-state index in [2.05, 4.69) is 4.72 Å². The van der Waals surface area contributed by atoms with Crippen LogP contribution in [0.2, 0.25) is 0 Å². The highest BCUT2D eigenvalue weighted by Crippen LogP contribution is 1.88. The summed E-state index contributed by atoms with van der Waals surface area (Å²) in [5, 5.41) is 0. The summed E-state index contributed by atoms with van der Waals surface area (Å²) < 4.78 is 35.5. The van der Waals surface area contributed by atoms with Crippen molar-refractivity contribution in [1.29, 1.82) is 0 Å². The van der Waals surface area contributed by atoms with Gasteiger partial charge in [0.15, 0.2) is 0 Å². The summed E-state index contributed by atoms with van der Waals surface area (Å²) in [6.45, 7) is 3.91. The molecule has 1 unspecified atom stereocenters. The second-order valence-electron chi connectivity index (χ2n) is 2.65.